The van der Waals surface area contributed by atoms with E-state index < -0.39 is 0 Å². The Labute approximate surface area is 144 Å². The van der Waals surface area contributed by atoms with E-state index in [0.29, 0.717) is 6.54 Å². The van der Waals surface area contributed by atoms with Crippen molar-refractivity contribution in [3.8, 4) is 0 Å². The third-order valence-electron chi connectivity index (χ3n) is 5.42. The summed E-state index contributed by atoms with van der Waals surface area (Å²) in [5.41, 5.74) is 6.87. The number of piperidine rings is 1. The van der Waals surface area contributed by atoms with Gasteiger partial charge in [-0.15, -0.1) is 0 Å². The highest BCUT2D eigenvalue weighted by molar-refractivity contribution is 5.95. The molecule has 2 fully saturated rings. The second kappa shape index (κ2) is 6.69. The number of pyridine rings is 1. The van der Waals surface area contributed by atoms with E-state index in [9.17, 15) is 4.79 Å². The van der Waals surface area contributed by atoms with Crippen LogP contribution in [0.3, 0.4) is 0 Å². The van der Waals surface area contributed by atoms with Gasteiger partial charge in [-0.25, -0.2) is 4.98 Å². The Balaban J connectivity index is 1.73. The molecule has 1 atom stereocenters. The minimum atomic E-state index is -0.0405. The summed E-state index contributed by atoms with van der Waals surface area (Å²) in [4.78, 5) is 23.9. The lowest BCUT2D eigenvalue weighted by molar-refractivity contribution is 0.0533. The van der Waals surface area contributed by atoms with Gasteiger partial charge in [0.25, 0.3) is 5.91 Å². The molecule has 2 aliphatic rings. The van der Waals surface area contributed by atoms with E-state index in [0.717, 1.165) is 50.5 Å². The molecule has 2 saturated heterocycles. The molecule has 1 unspecified atom stereocenters. The van der Waals surface area contributed by atoms with Crippen LogP contribution in [0.25, 0.3) is 0 Å². The Morgan fingerprint density at radius 2 is 1.96 bits per heavy atom. The molecule has 0 radical (unpaired) electrons. The predicted octanol–water partition coefficient (Wildman–Crippen LogP) is 1.03. The van der Waals surface area contributed by atoms with Crippen LogP contribution in [0, 0.1) is 5.41 Å². The van der Waals surface area contributed by atoms with Crippen LogP contribution in [0.4, 0.5) is 5.82 Å². The Kier molecular flexibility index (Phi) is 4.78. The molecule has 2 aliphatic heterocycles. The molecule has 0 bridgehead atoms. The number of nitrogens with zero attached hydrogens (tertiary/aromatic N) is 4. The van der Waals surface area contributed by atoms with E-state index in [1.807, 2.05) is 17.0 Å². The highest BCUT2D eigenvalue weighted by Gasteiger charge is 2.35. The van der Waals surface area contributed by atoms with Crippen molar-refractivity contribution in [2.24, 2.45) is 11.1 Å². The van der Waals surface area contributed by atoms with E-state index in [-0.39, 0.29) is 17.4 Å². The monoisotopic (exact) mass is 331 g/mol. The number of anilines is 1. The van der Waals surface area contributed by atoms with Gasteiger partial charge in [-0.3, -0.25) is 4.79 Å². The van der Waals surface area contributed by atoms with Crippen molar-refractivity contribution in [1.82, 2.24) is 14.8 Å². The molecule has 3 rings (SSSR count). The van der Waals surface area contributed by atoms with Crippen LogP contribution >= 0.6 is 0 Å². The van der Waals surface area contributed by atoms with Crippen LogP contribution in [0.1, 0.15) is 30.6 Å². The maximum Gasteiger partial charge on any atom is 0.254 e. The van der Waals surface area contributed by atoms with E-state index in [2.05, 4.69) is 35.7 Å². The first-order valence-electron chi connectivity index (χ1n) is 8.81. The number of hydrogen-bond acceptors (Lipinski definition) is 5. The van der Waals surface area contributed by atoms with Gasteiger partial charge >= 0.3 is 0 Å². The van der Waals surface area contributed by atoms with Crippen LogP contribution in [0.15, 0.2) is 18.3 Å². The summed E-state index contributed by atoms with van der Waals surface area (Å²) in [6.07, 6.45) is 2.61. The first kappa shape index (κ1) is 17.2. The van der Waals surface area contributed by atoms with Crippen molar-refractivity contribution in [2.45, 2.75) is 26.3 Å². The predicted molar refractivity (Wildman–Crippen MR) is 96.2 cm³/mol. The lowest BCUT2D eigenvalue weighted by Crippen LogP contribution is -2.54. The van der Waals surface area contributed by atoms with Crippen molar-refractivity contribution in [2.75, 3.05) is 51.2 Å². The third kappa shape index (κ3) is 3.54. The molecular formula is C18H29N5O. The molecule has 0 aromatic carbocycles. The fourth-order valence-electron chi connectivity index (χ4n) is 3.49. The molecule has 3 heterocycles. The van der Waals surface area contributed by atoms with Crippen molar-refractivity contribution in [3.05, 3.63) is 23.9 Å². The Morgan fingerprint density at radius 3 is 2.62 bits per heavy atom. The quantitative estimate of drug-likeness (QED) is 0.877. The molecule has 6 nitrogen and oxygen atoms in total. The van der Waals surface area contributed by atoms with Crippen molar-refractivity contribution >= 4 is 11.7 Å². The van der Waals surface area contributed by atoms with Crippen LogP contribution in [-0.4, -0.2) is 73.0 Å². The fourth-order valence-corrected chi connectivity index (χ4v) is 3.49. The maximum atomic E-state index is 12.9. The molecule has 6 heteroatoms. The first-order chi connectivity index (χ1) is 11.4. The average Bonchev–Trinajstić information content (AvgIpc) is 2.57. The van der Waals surface area contributed by atoms with Crippen LogP contribution in [-0.2, 0) is 0 Å². The molecule has 2 N–H and O–H groups in total. The van der Waals surface area contributed by atoms with E-state index >= 15 is 0 Å². The molecule has 1 aromatic rings. The number of piperazine rings is 1. The smallest absolute Gasteiger partial charge is 0.254 e. The van der Waals surface area contributed by atoms with Gasteiger partial charge < -0.3 is 20.4 Å². The van der Waals surface area contributed by atoms with Crippen molar-refractivity contribution in [3.63, 3.8) is 0 Å². The normalized spacial score (nSPS) is 24.9. The van der Waals surface area contributed by atoms with Gasteiger partial charge in [0.2, 0.25) is 0 Å². The summed E-state index contributed by atoms with van der Waals surface area (Å²) in [6, 6.07) is 3.92. The van der Waals surface area contributed by atoms with Crippen LogP contribution < -0.4 is 10.6 Å². The highest BCUT2D eigenvalue weighted by atomic mass is 16.2. The SMILES string of the molecule is CN1CCN(c2cc(C(=O)N3CCC(N)C(C)(C)C3)ccn2)CC1. The van der Waals surface area contributed by atoms with E-state index in [1.165, 1.54) is 0 Å². The van der Waals surface area contributed by atoms with Gasteiger partial charge in [0.05, 0.1) is 0 Å². The minimum Gasteiger partial charge on any atom is -0.354 e. The van der Waals surface area contributed by atoms with Gasteiger partial charge in [0.1, 0.15) is 5.82 Å². The Morgan fingerprint density at radius 1 is 1.25 bits per heavy atom. The van der Waals surface area contributed by atoms with Crippen LogP contribution in [0.2, 0.25) is 0 Å². The van der Waals surface area contributed by atoms with Gasteiger partial charge in [-0.2, -0.15) is 0 Å². The number of hydrogen-bond donors (Lipinski definition) is 1. The third-order valence-corrected chi connectivity index (χ3v) is 5.42. The summed E-state index contributed by atoms with van der Waals surface area (Å²) < 4.78 is 0. The zero-order valence-electron chi connectivity index (χ0n) is 15.0. The number of carbonyl (C=O) groups is 1. The molecule has 132 valence electrons. The molecular weight excluding hydrogens is 302 g/mol. The number of amides is 1. The molecule has 0 saturated carbocycles. The first-order valence-corrected chi connectivity index (χ1v) is 8.81. The molecule has 0 spiro atoms. The van der Waals surface area contributed by atoms with Gasteiger partial charge in [0, 0.05) is 57.1 Å². The molecule has 24 heavy (non-hydrogen) atoms. The lowest BCUT2D eigenvalue weighted by atomic mass is 9.79. The summed E-state index contributed by atoms with van der Waals surface area (Å²) >= 11 is 0. The van der Waals surface area contributed by atoms with E-state index in [1.54, 1.807) is 6.20 Å². The summed E-state index contributed by atoms with van der Waals surface area (Å²) in [5.74, 6) is 0.995. The summed E-state index contributed by atoms with van der Waals surface area (Å²) in [6.45, 7) is 9.67. The summed E-state index contributed by atoms with van der Waals surface area (Å²) in [7, 11) is 2.13. The number of carbonyl (C=O) groups excluding carboxylic acids is 1. The number of likely N-dealkylation sites (N-methyl/N-ethyl adjacent to an activating group) is 1. The molecule has 1 aromatic heterocycles. The Hall–Kier alpha value is -1.66. The Bertz CT molecular complexity index is 595. The van der Waals surface area contributed by atoms with Gasteiger partial charge in [-0.05, 0) is 31.0 Å². The standard InChI is InChI=1S/C18H29N5O/c1-18(2)13-23(7-5-15(18)19)17(24)14-4-6-20-16(12-14)22-10-8-21(3)9-11-22/h4,6,12,15H,5,7-11,13,19H2,1-3H3. The number of nitrogens with two attached hydrogens (primary N) is 1. The second-order valence-corrected chi connectivity index (χ2v) is 7.80. The highest BCUT2D eigenvalue weighted by Crippen LogP contribution is 2.29. The average molecular weight is 331 g/mol. The fraction of sp³-hybridized carbons (Fsp3) is 0.667. The summed E-state index contributed by atoms with van der Waals surface area (Å²) in [5, 5.41) is 0. The minimum absolute atomic E-state index is 0.0405. The zero-order chi connectivity index (χ0) is 17.3. The maximum absolute atomic E-state index is 12.9. The lowest BCUT2D eigenvalue weighted by Gasteiger charge is -2.42. The molecule has 1 amide bonds. The second-order valence-electron chi connectivity index (χ2n) is 7.80. The number of aromatic nitrogens is 1. The number of rotatable bonds is 2. The zero-order valence-corrected chi connectivity index (χ0v) is 15.0. The number of likely N-dealkylation sites (tertiary alicyclic amines) is 1. The van der Waals surface area contributed by atoms with Crippen molar-refractivity contribution < 1.29 is 4.79 Å². The largest absolute Gasteiger partial charge is 0.354 e. The van der Waals surface area contributed by atoms with Crippen molar-refractivity contribution in [1.29, 1.82) is 0 Å². The van der Waals surface area contributed by atoms with Gasteiger partial charge in [0.15, 0.2) is 0 Å². The topological polar surface area (TPSA) is 65.7 Å². The van der Waals surface area contributed by atoms with Crippen LogP contribution in [0.5, 0.6) is 0 Å². The molecule has 0 aliphatic carbocycles. The van der Waals surface area contributed by atoms with E-state index in [4.69, 9.17) is 5.73 Å². The van der Waals surface area contributed by atoms with Gasteiger partial charge in [-0.1, -0.05) is 13.8 Å².